The molecule has 0 aliphatic carbocycles. The number of hydrogen-bond donors (Lipinski definition) is 1. The molecule has 4 aromatic rings. The molecule has 0 aliphatic heterocycles. The summed E-state index contributed by atoms with van der Waals surface area (Å²) in [6.45, 7) is 5.87. The number of benzene rings is 4. The normalized spacial score (nSPS) is 12.0. The van der Waals surface area contributed by atoms with E-state index in [1.807, 2.05) is 63.2 Å². The lowest BCUT2D eigenvalue weighted by Crippen LogP contribution is -2.53. The molecule has 242 valence electrons. The number of carbonyl (C=O) groups excluding carboxylic acids is 2. The Morgan fingerprint density at radius 1 is 0.848 bits per heavy atom. The highest BCUT2D eigenvalue weighted by molar-refractivity contribution is 7.92. The Balaban J connectivity index is 1.81. The Bertz CT molecular complexity index is 1720. The number of carbonyl (C=O) groups is 2. The molecule has 0 bridgehead atoms. The van der Waals surface area contributed by atoms with Crippen molar-refractivity contribution in [2.45, 2.75) is 57.0 Å². The van der Waals surface area contributed by atoms with E-state index in [0.717, 1.165) is 15.4 Å². The first-order valence-corrected chi connectivity index (χ1v) is 17.4. The van der Waals surface area contributed by atoms with Crippen LogP contribution < -0.4 is 9.62 Å². The van der Waals surface area contributed by atoms with E-state index in [9.17, 15) is 18.0 Å². The molecule has 0 aromatic heterocycles. The molecular formula is C36H39Cl2N3O4S. The highest BCUT2D eigenvalue weighted by Crippen LogP contribution is 2.28. The molecule has 0 radical (unpaired) electrons. The molecule has 1 N–H and O–H groups in total. The van der Waals surface area contributed by atoms with Crippen LogP contribution in [-0.4, -0.2) is 44.3 Å². The summed E-state index contributed by atoms with van der Waals surface area (Å²) in [5.41, 5.74) is 2.78. The van der Waals surface area contributed by atoms with Gasteiger partial charge < -0.3 is 10.2 Å². The molecule has 0 heterocycles. The van der Waals surface area contributed by atoms with Gasteiger partial charge in [0, 0.05) is 29.6 Å². The summed E-state index contributed by atoms with van der Waals surface area (Å²) < 4.78 is 29.4. The number of sulfonamides is 1. The third-order valence-corrected chi connectivity index (χ3v) is 10.0. The van der Waals surface area contributed by atoms with Crippen LogP contribution in [0.3, 0.4) is 0 Å². The number of halogens is 2. The van der Waals surface area contributed by atoms with Crippen LogP contribution in [0.25, 0.3) is 0 Å². The van der Waals surface area contributed by atoms with Crippen molar-refractivity contribution in [1.29, 1.82) is 0 Å². The Morgan fingerprint density at radius 3 is 2.07 bits per heavy atom. The van der Waals surface area contributed by atoms with Crippen molar-refractivity contribution >= 4 is 50.7 Å². The minimum atomic E-state index is -4.18. The van der Waals surface area contributed by atoms with Crippen LogP contribution in [-0.2, 0) is 32.6 Å². The van der Waals surface area contributed by atoms with E-state index in [-0.39, 0.29) is 29.7 Å². The van der Waals surface area contributed by atoms with Crippen LogP contribution in [0.1, 0.15) is 49.8 Å². The number of amides is 2. The molecule has 4 aromatic carbocycles. The Hall–Kier alpha value is -3.85. The molecule has 4 rings (SSSR count). The van der Waals surface area contributed by atoms with Crippen LogP contribution in [0.5, 0.6) is 0 Å². The number of nitrogens with zero attached hydrogens (tertiary/aromatic N) is 2. The van der Waals surface area contributed by atoms with E-state index in [0.29, 0.717) is 34.3 Å². The van der Waals surface area contributed by atoms with E-state index in [1.165, 1.54) is 17.0 Å². The smallest absolute Gasteiger partial charge is 0.264 e. The lowest BCUT2D eigenvalue weighted by Gasteiger charge is -2.34. The topological polar surface area (TPSA) is 86.8 Å². The predicted molar refractivity (Wildman–Crippen MR) is 186 cm³/mol. The van der Waals surface area contributed by atoms with E-state index < -0.39 is 28.5 Å². The summed E-state index contributed by atoms with van der Waals surface area (Å²) in [5, 5.41) is 3.69. The van der Waals surface area contributed by atoms with E-state index in [2.05, 4.69) is 5.32 Å². The number of anilines is 1. The van der Waals surface area contributed by atoms with Gasteiger partial charge in [-0.3, -0.25) is 13.9 Å². The van der Waals surface area contributed by atoms with Crippen molar-refractivity contribution in [2.75, 3.05) is 17.4 Å². The molecule has 2 amide bonds. The maximum atomic E-state index is 14.5. The first-order valence-electron chi connectivity index (χ1n) is 15.2. The average molecular weight is 681 g/mol. The number of nitrogens with one attached hydrogen (secondary N) is 1. The zero-order chi connectivity index (χ0) is 33.3. The third kappa shape index (κ3) is 8.90. The van der Waals surface area contributed by atoms with Crippen molar-refractivity contribution in [3.8, 4) is 0 Å². The van der Waals surface area contributed by atoms with Crippen LogP contribution >= 0.6 is 23.2 Å². The molecule has 0 saturated heterocycles. The van der Waals surface area contributed by atoms with Gasteiger partial charge in [-0.25, -0.2) is 8.42 Å². The highest BCUT2D eigenvalue weighted by Gasteiger charge is 2.35. The van der Waals surface area contributed by atoms with E-state index in [4.69, 9.17) is 23.2 Å². The minimum absolute atomic E-state index is 0.0443. The van der Waals surface area contributed by atoms with Crippen molar-refractivity contribution in [3.05, 3.63) is 130 Å². The fourth-order valence-corrected chi connectivity index (χ4v) is 6.93. The van der Waals surface area contributed by atoms with Crippen LogP contribution in [0.2, 0.25) is 10.0 Å². The second kappa shape index (κ2) is 16.1. The largest absolute Gasteiger partial charge is 0.354 e. The monoisotopic (exact) mass is 679 g/mol. The molecule has 0 spiro atoms. The van der Waals surface area contributed by atoms with Crippen molar-refractivity contribution < 1.29 is 18.0 Å². The Labute approximate surface area is 282 Å². The summed E-state index contributed by atoms with van der Waals surface area (Å²) in [6.07, 6.45) is 0.915. The summed E-state index contributed by atoms with van der Waals surface area (Å²) in [7, 11) is -4.18. The molecule has 1 atom stereocenters. The van der Waals surface area contributed by atoms with Gasteiger partial charge in [-0.1, -0.05) is 111 Å². The second-order valence-corrected chi connectivity index (χ2v) is 14.0. The van der Waals surface area contributed by atoms with Crippen LogP contribution in [0.4, 0.5) is 5.69 Å². The van der Waals surface area contributed by atoms with Gasteiger partial charge in [0.15, 0.2) is 0 Å². The van der Waals surface area contributed by atoms with Crippen molar-refractivity contribution in [2.24, 2.45) is 0 Å². The highest BCUT2D eigenvalue weighted by atomic mass is 35.5. The summed E-state index contributed by atoms with van der Waals surface area (Å²) in [6, 6.07) is 28.5. The molecule has 0 unspecified atom stereocenters. The second-order valence-electron chi connectivity index (χ2n) is 11.3. The molecule has 7 nitrogen and oxygen atoms in total. The molecule has 0 saturated carbocycles. The zero-order valence-corrected chi connectivity index (χ0v) is 28.5. The van der Waals surface area contributed by atoms with Gasteiger partial charge in [-0.2, -0.15) is 0 Å². The summed E-state index contributed by atoms with van der Waals surface area (Å²) >= 11 is 12.7. The Morgan fingerprint density at radius 2 is 1.48 bits per heavy atom. The molecule has 10 heteroatoms. The Kier molecular flexibility index (Phi) is 12.3. The van der Waals surface area contributed by atoms with Gasteiger partial charge >= 0.3 is 0 Å². The maximum absolute atomic E-state index is 14.5. The number of rotatable bonds is 14. The molecule has 0 fully saturated rings. The van der Waals surface area contributed by atoms with Gasteiger partial charge in [-0.15, -0.1) is 0 Å². The molecule has 46 heavy (non-hydrogen) atoms. The minimum Gasteiger partial charge on any atom is -0.354 e. The first kappa shape index (κ1) is 35.0. The van der Waals surface area contributed by atoms with E-state index >= 15 is 0 Å². The first-order chi connectivity index (χ1) is 22.0. The quantitative estimate of drug-likeness (QED) is 0.150. The fourth-order valence-electron chi connectivity index (χ4n) is 5.03. The van der Waals surface area contributed by atoms with Crippen molar-refractivity contribution in [3.63, 3.8) is 0 Å². The summed E-state index contributed by atoms with van der Waals surface area (Å²) in [5.74, 6) is -0.677. The van der Waals surface area contributed by atoms with Gasteiger partial charge in [0.2, 0.25) is 11.8 Å². The average Bonchev–Trinajstić information content (AvgIpc) is 3.05. The van der Waals surface area contributed by atoms with Gasteiger partial charge in [-0.05, 0) is 65.4 Å². The van der Waals surface area contributed by atoms with Gasteiger partial charge in [0.05, 0.1) is 10.6 Å². The molecule has 0 aliphatic rings. The van der Waals surface area contributed by atoms with Crippen LogP contribution in [0.15, 0.2) is 108 Å². The van der Waals surface area contributed by atoms with Crippen molar-refractivity contribution in [1.82, 2.24) is 10.2 Å². The summed E-state index contributed by atoms with van der Waals surface area (Å²) in [4.78, 5) is 29.8. The van der Waals surface area contributed by atoms with E-state index in [1.54, 1.807) is 48.5 Å². The lowest BCUT2D eigenvalue weighted by molar-refractivity contribution is -0.140. The van der Waals surface area contributed by atoms with Gasteiger partial charge in [0.1, 0.15) is 12.6 Å². The standard InChI is InChI=1S/C36H39Cl2N3O4S/c1-4-21-39-36(43)34(22-27-11-7-5-8-12-27)40(24-29-15-18-30(37)23-33(29)38)35(42)25-41(31-19-16-28(17-20-31)26(2)3)46(44,45)32-13-9-6-10-14-32/h5-20,23,26,34H,4,21-22,24-25H2,1-3H3,(H,39,43)/t34-/m1/s1. The zero-order valence-electron chi connectivity index (χ0n) is 26.2. The fraction of sp³-hybridized carbons (Fsp3) is 0.278. The maximum Gasteiger partial charge on any atom is 0.264 e. The van der Waals surface area contributed by atoms with Crippen LogP contribution in [0, 0.1) is 0 Å². The third-order valence-electron chi connectivity index (χ3n) is 7.63. The SMILES string of the molecule is CCCNC(=O)[C@@H](Cc1ccccc1)N(Cc1ccc(Cl)cc1Cl)C(=O)CN(c1ccc(C(C)C)cc1)S(=O)(=O)c1ccccc1. The van der Waals surface area contributed by atoms with Gasteiger partial charge in [0.25, 0.3) is 10.0 Å². The molecular weight excluding hydrogens is 641 g/mol. The predicted octanol–water partition coefficient (Wildman–Crippen LogP) is 7.48. The lowest BCUT2D eigenvalue weighted by atomic mass is 10.0. The number of hydrogen-bond acceptors (Lipinski definition) is 4.